The number of hydrogen-bond acceptors (Lipinski definition) is 3. The maximum atomic E-state index is 12.2. The van der Waals surface area contributed by atoms with E-state index in [9.17, 15) is 13.2 Å². The Morgan fingerprint density at radius 1 is 1.04 bits per heavy atom. The molecule has 0 radical (unpaired) electrons. The minimum absolute atomic E-state index is 0.158. The first-order valence-electron chi connectivity index (χ1n) is 8.17. The highest BCUT2D eigenvalue weighted by molar-refractivity contribution is 7.88. The van der Waals surface area contributed by atoms with Crippen molar-refractivity contribution in [1.29, 1.82) is 0 Å². The Morgan fingerprint density at radius 3 is 2.16 bits per heavy atom. The fraction of sp³-hybridized carbons (Fsp3) is 0.316. The number of carbonyl (C=O) groups excluding carboxylic acids is 1. The van der Waals surface area contributed by atoms with Gasteiger partial charge in [0.1, 0.15) is 0 Å². The van der Waals surface area contributed by atoms with Crippen molar-refractivity contribution in [3.05, 3.63) is 71.8 Å². The van der Waals surface area contributed by atoms with Gasteiger partial charge in [-0.2, -0.15) is 4.31 Å². The van der Waals surface area contributed by atoms with Crippen LogP contribution in [-0.2, 0) is 21.4 Å². The predicted molar refractivity (Wildman–Crippen MR) is 99.6 cm³/mol. The standard InChI is InChI=1S/C19H24N2O3S/c1-16(18-11-7-4-8-12-18)13-20-19(22)15-21(25(2,23)24)14-17-9-5-3-6-10-17/h3-12,16H,13-15H2,1-2H3,(H,20,22)/t16-/m0/s1. The minimum Gasteiger partial charge on any atom is -0.354 e. The number of benzene rings is 2. The Bertz CT molecular complexity index is 777. The first kappa shape index (κ1) is 19.1. The molecule has 1 N–H and O–H groups in total. The Balaban J connectivity index is 1.93. The van der Waals surface area contributed by atoms with Crippen LogP contribution in [0.4, 0.5) is 0 Å². The molecule has 0 spiro atoms. The molecule has 2 aromatic carbocycles. The van der Waals surface area contributed by atoms with Crippen LogP contribution in [0, 0.1) is 0 Å². The van der Waals surface area contributed by atoms with E-state index in [2.05, 4.69) is 5.32 Å². The smallest absolute Gasteiger partial charge is 0.235 e. The molecular formula is C19H24N2O3S. The fourth-order valence-electron chi connectivity index (χ4n) is 2.46. The van der Waals surface area contributed by atoms with E-state index in [0.717, 1.165) is 17.4 Å². The Kier molecular flexibility index (Phi) is 6.73. The number of nitrogens with one attached hydrogen (secondary N) is 1. The lowest BCUT2D eigenvalue weighted by molar-refractivity contribution is -0.121. The van der Waals surface area contributed by atoms with Crippen LogP contribution in [0.3, 0.4) is 0 Å². The summed E-state index contributed by atoms with van der Waals surface area (Å²) in [4.78, 5) is 12.2. The monoisotopic (exact) mass is 360 g/mol. The second kappa shape index (κ2) is 8.78. The number of carbonyl (C=O) groups is 1. The van der Waals surface area contributed by atoms with Crippen LogP contribution in [0.1, 0.15) is 24.0 Å². The van der Waals surface area contributed by atoms with Crippen LogP contribution >= 0.6 is 0 Å². The molecular weight excluding hydrogens is 336 g/mol. The molecule has 0 aromatic heterocycles. The lowest BCUT2D eigenvalue weighted by atomic mass is 10.0. The average Bonchev–Trinajstić information content (AvgIpc) is 2.60. The third kappa shape index (κ3) is 6.32. The van der Waals surface area contributed by atoms with Crippen molar-refractivity contribution in [2.45, 2.75) is 19.4 Å². The van der Waals surface area contributed by atoms with Gasteiger partial charge in [0.05, 0.1) is 12.8 Å². The summed E-state index contributed by atoms with van der Waals surface area (Å²) in [6, 6.07) is 19.1. The lowest BCUT2D eigenvalue weighted by Crippen LogP contribution is -2.40. The molecule has 0 unspecified atom stereocenters. The Hall–Kier alpha value is -2.18. The normalized spacial score (nSPS) is 12.8. The van der Waals surface area contributed by atoms with Gasteiger partial charge in [-0.25, -0.2) is 8.42 Å². The molecule has 0 aliphatic carbocycles. The van der Waals surface area contributed by atoms with Gasteiger partial charge in [0, 0.05) is 13.1 Å². The van der Waals surface area contributed by atoms with Crippen molar-refractivity contribution in [2.75, 3.05) is 19.3 Å². The minimum atomic E-state index is -3.48. The molecule has 0 heterocycles. The number of rotatable bonds is 8. The quantitative estimate of drug-likeness (QED) is 0.786. The molecule has 134 valence electrons. The molecule has 0 aliphatic rings. The summed E-state index contributed by atoms with van der Waals surface area (Å²) in [5, 5.41) is 2.82. The maximum absolute atomic E-state index is 12.2. The van der Waals surface area contributed by atoms with E-state index in [1.807, 2.05) is 67.6 Å². The van der Waals surface area contributed by atoms with Crippen molar-refractivity contribution in [3.63, 3.8) is 0 Å². The second-order valence-corrected chi connectivity index (χ2v) is 8.11. The van der Waals surface area contributed by atoms with E-state index in [1.165, 1.54) is 4.31 Å². The second-order valence-electron chi connectivity index (χ2n) is 6.13. The van der Waals surface area contributed by atoms with E-state index in [0.29, 0.717) is 6.54 Å². The molecule has 5 nitrogen and oxygen atoms in total. The van der Waals surface area contributed by atoms with Gasteiger partial charge in [-0.1, -0.05) is 67.6 Å². The zero-order chi connectivity index (χ0) is 18.3. The molecule has 0 aliphatic heterocycles. The average molecular weight is 360 g/mol. The van der Waals surface area contributed by atoms with Crippen molar-refractivity contribution in [1.82, 2.24) is 9.62 Å². The van der Waals surface area contributed by atoms with Crippen LogP contribution in [0.2, 0.25) is 0 Å². The topological polar surface area (TPSA) is 66.5 Å². The summed E-state index contributed by atoms with van der Waals surface area (Å²) in [5.74, 6) is -0.143. The van der Waals surface area contributed by atoms with Crippen molar-refractivity contribution >= 4 is 15.9 Å². The first-order chi connectivity index (χ1) is 11.9. The molecule has 0 fully saturated rings. The van der Waals surface area contributed by atoms with E-state index in [-0.39, 0.29) is 24.9 Å². The summed E-state index contributed by atoms with van der Waals surface area (Å²) in [7, 11) is -3.48. The van der Waals surface area contributed by atoms with Crippen molar-refractivity contribution in [3.8, 4) is 0 Å². The van der Waals surface area contributed by atoms with Gasteiger partial charge in [-0.15, -0.1) is 0 Å². The van der Waals surface area contributed by atoms with Crippen LogP contribution in [0.15, 0.2) is 60.7 Å². The fourth-order valence-corrected chi connectivity index (χ4v) is 3.20. The van der Waals surface area contributed by atoms with Gasteiger partial charge >= 0.3 is 0 Å². The predicted octanol–water partition coefficient (Wildman–Crippen LogP) is 2.37. The van der Waals surface area contributed by atoms with Gasteiger partial charge < -0.3 is 5.32 Å². The van der Waals surface area contributed by atoms with Crippen LogP contribution in [0.5, 0.6) is 0 Å². The third-order valence-electron chi connectivity index (χ3n) is 3.96. The van der Waals surface area contributed by atoms with Gasteiger partial charge in [-0.3, -0.25) is 4.79 Å². The molecule has 25 heavy (non-hydrogen) atoms. The van der Waals surface area contributed by atoms with Crippen LogP contribution < -0.4 is 5.32 Å². The van der Waals surface area contributed by atoms with Crippen LogP contribution in [0.25, 0.3) is 0 Å². The van der Waals surface area contributed by atoms with E-state index < -0.39 is 10.0 Å². The molecule has 2 rings (SSSR count). The summed E-state index contributed by atoms with van der Waals surface area (Å²) in [6.45, 7) is 2.48. The maximum Gasteiger partial charge on any atom is 0.235 e. The molecule has 0 saturated heterocycles. The number of amides is 1. The molecule has 1 atom stereocenters. The van der Waals surface area contributed by atoms with E-state index >= 15 is 0 Å². The summed E-state index contributed by atoms with van der Waals surface area (Å²) in [5.41, 5.74) is 1.98. The number of sulfonamides is 1. The SMILES string of the molecule is C[C@@H](CNC(=O)CN(Cc1ccccc1)S(C)(=O)=O)c1ccccc1. The largest absolute Gasteiger partial charge is 0.354 e. The van der Waals surface area contributed by atoms with E-state index in [1.54, 1.807) is 0 Å². The van der Waals surface area contributed by atoms with Gasteiger partial charge in [0.15, 0.2) is 0 Å². The Morgan fingerprint density at radius 2 is 1.60 bits per heavy atom. The molecule has 1 amide bonds. The van der Waals surface area contributed by atoms with Crippen LogP contribution in [-0.4, -0.2) is 38.0 Å². The van der Waals surface area contributed by atoms with Gasteiger partial charge in [-0.05, 0) is 17.0 Å². The highest BCUT2D eigenvalue weighted by Gasteiger charge is 2.20. The van der Waals surface area contributed by atoms with Crippen molar-refractivity contribution in [2.24, 2.45) is 0 Å². The summed E-state index contributed by atoms with van der Waals surface area (Å²) < 4.78 is 25.1. The third-order valence-corrected chi connectivity index (χ3v) is 5.16. The zero-order valence-electron chi connectivity index (χ0n) is 14.6. The number of nitrogens with zero attached hydrogens (tertiary/aromatic N) is 1. The first-order valence-corrected chi connectivity index (χ1v) is 10.0. The summed E-state index contributed by atoms with van der Waals surface area (Å²) in [6.07, 6.45) is 1.12. The van der Waals surface area contributed by atoms with E-state index in [4.69, 9.17) is 0 Å². The van der Waals surface area contributed by atoms with Crippen molar-refractivity contribution < 1.29 is 13.2 Å². The molecule has 2 aromatic rings. The Labute approximate surface area is 149 Å². The summed E-state index contributed by atoms with van der Waals surface area (Å²) >= 11 is 0. The van der Waals surface area contributed by atoms with Gasteiger partial charge in [0.2, 0.25) is 15.9 Å². The highest BCUT2D eigenvalue weighted by atomic mass is 32.2. The zero-order valence-corrected chi connectivity index (χ0v) is 15.4. The molecule has 0 saturated carbocycles. The number of hydrogen-bond donors (Lipinski definition) is 1. The highest BCUT2D eigenvalue weighted by Crippen LogP contribution is 2.13. The molecule has 6 heteroatoms. The lowest BCUT2D eigenvalue weighted by Gasteiger charge is -2.20. The van der Waals surface area contributed by atoms with Gasteiger partial charge in [0.25, 0.3) is 0 Å². The molecule has 0 bridgehead atoms.